The summed E-state index contributed by atoms with van der Waals surface area (Å²) in [7, 11) is 0. The Hall–Kier alpha value is -1.04. The lowest BCUT2D eigenvalue weighted by Gasteiger charge is -1.98. The predicted octanol–water partition coefficient (Wildman–Crippen LogP) is 2.02. The minimum absolute atomic E-state index is 0.0464. The smallest absolute Gasteiger partial charge is 0.260 e. The molecule has 0 atom stereocenters. The summed E-state index contributed by atoms with van der Waals surface area (Å²) >= 11 is 2.82. The van der Waals surface area contributed by atoms with Gasteiger partial charge in [0.25, 0.3) is 0 Å². The zero-order chi connectivity index (χ0) is 9.14. The number of hydrogen-bond donors (Lipinski definition) is 0. The molecule has 0 saturated heterocycles. The molecule has 1 rings (SSSR count). The first-order valence-corrected chi connectivity index (χ1v) is 3.58. The van der Waals surface area contributed by atoms with E-state index in [-0.39, 0.29) is 4.47 Å². The van der Waals surface area contributed by atoms with E-state index in [0.29, 0.717) is 0 Å². The van der Waals surface area contributed by atoms with Gasteiger partial charge in [0.15, 0.2) is 5.82 Å². The van der Waals surface area contributed by atoms with Gasteiger partial charge in [0.2, 0.25) is 0 Å². The fourth-order valence-electron chi connectivity index (χ4n) is 0.645. The third-order valence-corrected chi connectivity index (χ3v) is 1.73. The number of halogens is 3. The van der Waals surface area contributed by atoms with E-state index in [2.05, 4.69) is 25.9 Å². The maximum atomic E-state index is 12.7. The van der Waals surface area contributed by atoms with Crippen molar-refractivity contribution in [1.82, 2.24) is 4.98 Å². The average molecular weight is 238 g/mol. The summed E-state index contributed by atoms with van der Waals surface area (Å²) in [6.45, 7) is 0. The normalized spacial score (nSPS) is 9.58. The molecule has 0 spiro atoms. The highest BCUT2D eigenvalue weighted by molar-refractivity contribution is 9.10. The van der Waals surface area contributed by atoms with Gasteiger partial charge in [-0.05, 0) is 15.9 Å². The van der Waals surface area contributed by atoms with Gasteiger partial charge in [-0.3, -0.25) is 4.98 Å². The van der Waals surface area contributed by atoms with Gasteiger partial charge in [-0.25, -0.2) is 14.1 Å². The molecule has 0 aromatic carbocycles. The van der Waals surface area contributed by atoms with E-state index in [9.17, 15) is 13.7 Å². The lowest BCUT2D eigenvalue weighted by molar-refractivity contribution is -0.0792. The largest absolute Gasteiger partial charge is 0.383 e. The fourth-order valence-corrected chi connectivity index (χ4v) is 1.11. The van der Waals surface area contributed by atoms with Gasteiger partial charge in [0.1, 0.15) is 5.56 Å². The van der Waals surface area contributed by atoms with Crippen molar-refractivity contribution in [2.45, 2.75) is 0 Å². The van der Waals surface area contributed by atoms with E-state index in [1.165, 1.54) is 0 Å². The second-order valence-corrected chi connectivity index (χ2v) is 2.70. The van der Waals surface area contributed by atoms with Gasteiger partial charge in [-0.2, -0.15) is 0 Å². The van der Waals surface area contributed by atoms with Crippen LogP contribution in [0, 0.1) is 5.82 Å². The first kappa shape index (κ1) is 9.05. The van der Waals surface area contributed by atoms with E-state index in [4.69, 9.17) is 0 Å². The molecule has 0 aliphatic carbocycles. The molecule has 3 nitrogen and oxygen atoms in total. The summed E-state index contributed by atoms with van der Waals surface area (Å²) in [6, 6.07) is 0. The number of nitrogens with zero attached hydrogens (tertiary/aromatic N) is 1. The molecule has 1 heterocycles. The second kappa shape index (κ2) is 3.57. The van der Waals surface area contributed by atoms with Crippen molar-refractivity contribution in [2.75, 3.05) is 0 Å². The summed E-state index contributed by atoms with van der Waals surface area (Å²) in [4.78, 5) is 16.8. The van der Waals surface area contributed by atoms with Crippen LogP contribution in [0.1, 0.15) is 10.4 Å². The van der Waals surface area contributed by atoms with E-state index in [0.717, 1.165) is 12.4 Å². The van der Waals surface area contributed by atoms with Gasteiger partial charge in [0.05, 0.1) is 10.7 Å². The summed E-state index contributed by atoms with van der Waals surface area (Å²) in [5, 5.41) is 0. The topological polar surface area (TPSA) is 39.2 Å². The Bertz CT molecular complexity index is 298. The minimum Gasteiger partial charge on any atom is -0.260 e. The highest BCUT2D eigenvalue weighted by atomic mass is 79.9. The van der Waals surface area contributed by atoms with Crippen molar-refractivity contribution in [3.8, 4) is 0 Å². The first-order valence-electron chi connectivity index (χ1n) is 2.78. The molecule has 0 aliphatic rings. The second-order valence-electron chi connectivity index (χ2n) is 1.84. The van der Waals surface area contributed by atoms with Crippen LogP contribution in [0.15, 0.2) is 16.9 Å². The number of carbonyl (C=O) groups excluding carboxylic acids is 1. The molecule has 0 radical (unpaired) electrons. The highest BCUT2D eigenvalue weighted by Gasteiger charge is 2.17. The van der Waals surface area contributed by atoms with Crippen molar-refractivity contribution >= 4 is 21.9 Å². The lowest BCUT2D eigenvalue weighted by atomic mass is 10.3. The van der Waals surface area contributed by atoms with Gasteiger partial charge in [-0.15, -0.1) is 0 Å². The Morgan fingerprint density at radius 3 is 2.75 bits per heavy atom. The number of aromatic nitrogens is 1. The molecule has 0 amide bonds. The van der Waals surface area contributed by atoms with Crippen molar-refractivity contribution in [3.63, 3.8) is 0 Å². The predicted molar refractivity (Wildman–Crippen MR) is 38.4 cm³/mol. The van der Waals surface area contributed by atoms with E-state index < -0.39 is 17.3 Å². The number of rotatable bonds is 1. The average Bonchev–Trinajstić information content (AvgIpc) is 2.03. The minimum atomic E-state index is -1.39. The molecule has 64 valence electrons. The maximum Gasteiger partial charge on any atom is 0.383 e. The van der Waals surface area contributed by atoms with Crippen LogP contribution in [-0.4, -0.2) is 11.0 Å². The molecule has 6 heteroatoms. The quantitative estimate of drug-likeness (QED) is 0.751. The Labute approximate surface area is 74.4 Å². The van der Waals surface area contributed by atoms with Crippen LogP contribution in [0.2, 0.25) is 0 Å². The monoisotopic (exact) mass is 237 g/mol. The standard InChI is InChI=1S/C6H2BrF2NO2/c7-3-1-10-2-4(8)5(3)6(11)12-9/h1-2H. The fraction of sp³-hybridized carbons (Fsp3) is 0. The highest BCUT2D eigenvalue weighted by Crippen LogP contribution is 2.18. The van der Waals surface area contributed by atoms with Crippen LogP contribution in [0.4, 0.5) is 8.92 Å². The maximum absolute atomic E-state index is 12.7. The third-order valence-electron chi connectivity index (χ3n) is 1.13. The molecule has 0 N–H and O–H groups in total. The number of carbonyl (C=O) groups is 1. The molecule has 0 fully saturated rings. The molecule has 1 aromatic rings. The summed E-state index contributed by atoms with van der Waals surface area (Å²) in [5.74, 6) is -2.33. The van der Waals surface area contributed by atoms with Crippen LogP contribution < -0.4 is 0 Å². The lowest BCUT2D eigenvalue weighted by Crippen LogP contribution is -2.04. The van der Waals surface area contributed by atoms with Crippen molar-refractivity contribution in [2.24, 2.45) is 0 Å². The van der Waals surface area contributed by atoms with Gasteiger partial charge in [-0.1, -0.05) is 0 Å². The van der Waals surface area contributed by atoms with Crippen LogP contribution in [-0.2, 0) is 4.94 Å². The van der Waals surface area contributed by atoms with Gasteiger partial charge < -0.3 is 0 Å². The van der Waals surface area contributed by atoms with Crippen molar-refractivity contribution < 1.29 is 18.7 Å². The summed E-state index contributed by atoms with van der Waals surface area (Å²) in [6.07, 6.45) is 1.95. The Morgan fingerprint density at radius 2 is 2.25 bits per heavy atom. The van der Waals surface area contributed by atoms with Gasteiger partial charge in [0, 0.05) is 10.7 Å². The van der Waals surface area contributed by atoms with Crippen LogP contribution in [0.25, 0.3) is 0 Å². The van der Waals surface area contributed by atoms with Crippen molar-refractivity contribution in [1.29, 1.82) is 0 Å². The Kier molecular flexibility index (Phi) is 2.69. The Morgan fingerprint density at radius 1 is 1.58 bits per heavy atom. The van der Waals surface area contributed by atoms with Crippen LogP contribution in [0.5, 0.6) is 0 Å². The molecule has 0 unspecified atom stereocenters. The van der Waals surface area contributed by atoms with Crippen LogP contribution in [0.3, 0.4) is 0 Å². The van der Waals surface area contributed by atoms with Crippen LogP contribution >= 0.6 is 15.9 Å². The van der Waals surface area contributed by atoms with Gasteiger partial charge >= 0.3 is 5.97 Å². The SMILES string of the molecule is O=C(OF)c1c(F)cncc1Br. The zero-order valence-corrected chi connectivity index (χ0v) is 7.14. The summed E-state index contributed by atoms with van der Waals surface area (Å²) in [5.41, 5.74) is -0.507. The van der Waals surface area contributed by atoms with E-state index >= 15 is 0 Å². The van der Waals surface area contributed by atoms with Crippen molar-refractivity contribution in [3.05, 3.63) is 28.2 Å². The first-order chi connectivity index (χ1) is 5.66. The molecule has 12 heavy (non-hydrogen) atoms. The Balaban J connectivity index is 3.21. The number of pyridine rings is 1. The summed E-state index contributed by atoms with van der Waals surface area (Å²) < 4.78 is 24.1. The number of hydrogen-bond acceptors (Lipinski definition) is 3. The molecular weight excluding hydrogens is 236 g/mol. The molecule has 0 bridgehead atoms. The zero-order valence-electron chi connectivity index (χ0n) is 5.55. The van der Waals surface area contributed by atoms with E-state index in [1.807, 2.05) is 0 Å². The molecule has 0 aliphatic heterocycles. The van der Waals surface area contributed by atoms with E-state index in [1.54, 1.807) is 0 Å². The molecular formula is C6H2BrF2NO2. The third kappa shape index (κ3) is 1.58. The molecule has 0 saturated carbocycles. The molecule has 1 aromatic heterocycles.